The van der Waals surface area contributed by atoms with E-state index in [0.29, 0.717) is 25.1 Å². The molecule has 1 atom stereocenters. The molecule has 2 amide bonds. The van der Waals surface area contributed by atoms with Crippen LogP contribution in [0.5, 0.6) is 0 Å². The van der Waals surface area contributed by atoms with Crippen LogP contribution in [0.1, 0.15) is 18.4 Å². The molecule has 24 heavy (non-hydrogen) atoms. The van der Waals surface area contributed by atoms with Gasteiger partial charge in [-0.1, -0.05) is 18.2 Å². The minimum Gasteiger partial charge on any atom is -0.481 e. The number of rotatable bonds is 4. The highest BCUT2D eigenvalue weighted by Crippen LogP contribution is 2.28. The molecule has 1 aromatic rings. The highest BCUT2D eigenvalue weighted by molar-refractivity contribution is 7.99. The second-order valence-electron chi connectivity index (χ2n) is 6.02. The van der Waals surface area contributed by atoms with Crippen molar-refractivity contribution < 1.29 is 19.5 Å². The number of aryl methyl sites for hydroxylation is 1. The Morgan fingerprint density at radius 1 is 1.25 bits per heavy atom. The van der Waals surface area contributed by atoms with Crippen molar-refractivity contribution in [1.29, 1.82) is 0 Å². The summed E-state index contributed by atoms with van der Waals surface area (Å²) in [4.78, 5) is 39.2. The Hall–Kier alpha value is -2.02. The predicted octanol–water partition coefficient (Wildman–Crippen LogP) is 1.38. The molecular formula is C17H20N2O4S. The van der Waals surface area contributed by atoms with Gasteiger partial charge in [-0.15, -0.1) is 0 Å². The second kappa shape index (κ2) is 7.25. The molecule has 0 aliphatic carbocycles. The molecule has 0 spiro atoms. The molecule has 2 aliphatic rings. The summed E-state index contributed by atoms with van der Waals surface area (Å²) in [6, 6.07) is 7.33. The Morgan fingerprint density at radius 2 is 2.04 bits per heavy atom. The number of benzene rings is 1. The van der Waals surface area contributed by atoms with Gasteiger partial charge in [0.05, 0.1) is 12.5 Å². The van der Waals surface area contributed by atoms with Crippen LogP contribution in [0, 0.1) is 0 Å². The number of para-hydroxylation sites is 1. The Labute approximate surface area is 144 Å². The van der Waals surface area contributed by atoms with Crippen LogP contribution in [0.25, 0.3) is 0 Å². The zero-order valence-corrected chi connectivity index (χ0v) is 14.1. The molecule has 2 aliphatic heterocycles. The van der Waals surface area contributed by atoms with Crippen LogP contribution in [0.15, 0.2) is 24.3 Å². The molecule has 1 aromatic carbocycles. The predicted molar refractivity (Wildman–Crippen MR) is 92.2 cm³/mol. The van der Waals surface area contributed by atoms with Gasteiger partial charge >= 0.3 is 5.97 Å². The van der Waals surface area contributed by atoms with Crippen molar-refractivity contribution in [3.05, 3.63) is 29.8 Å². The van der Waals surface area contributed by atoms with Crippen molar-refractivity contribution >= 4 is 35.2 Å². The number of amides is 2. The quantitative estimate of drug-likeness (QED) is 0.889. The first kappa shape index (κ1) is 16.8. The van der Waals surface area contributed by atoms with Gasteiger partial charge < -0.3 is 14.9 Å². The summed E-state index contributed by atoms with van der Waals surface area (Å²) in [6.45, 7) is 0.516. The smallest absolute Gasteiger partial charge is 0.305 e. The molecule has 2 heterocycles. The SMILES string of the molecule is O=C(O)CC1CSCCN1C(=O)CN1C(=O)CCc2ccccc21. The number of hydrogen-bond donors (Lipinski definition) is 1. The lowest BCUT2D eigenvalue weighted by atomic mass is 10.0. The van der Waals surface area contributed by atoms with E-state index in [2.05, 4.69) is 0 Å². The third-order valence-corrected chi connectivity index (χ3v) is 5.53. The standard InChI is InChI=1S/C17H20N2O4S/c20-15-6-5-12-3-1-2-4-14(12)19(15)10-16(21)18-7-8-24-11-13(18)9-17(22)23/h1-4,13H,5-11H2,(H,22,23). The van der Waals surface area contributed by atoms with Crippen molar-refractivity contribution in [2.45, 2.75) is 25.3 Å². The highest BCUT2D eigenvalue weighted by atomic mass is 32.2. The number of hydrogen-bond acceptors (Lipinski definition) is 4. The van der Waals surface area contributed by atoms with Crippen molar-refractivity contribution in [3.8, 4) is 0 Å². The molecule has 0 aromatic heterocycles. The normalized spacial score (nSPS) is 20.7. The summed E-state index contributed by atoms with van der Waals surface area (Å²) in [6.07, 6.45) is 1.05. The molecular weight excluding hydrogens is 328 g/mol. The first-order valence-electron chi connectivity index (χ1n) is 8.03. The molecule has 0 radical (unpaired) electrons. The number of carbonyl (C=O) groups is 3. The maximum atomic E-state index is 12.7. The van der Waals surface area contributed by atoms with E-state index in [1.165, 1.54) is 0 Å². The van der Waals surface area contributed by atoms with Gasteiger partial charge in [0.15, 0.2) is 0 Å². The molecule has 3 rings (SSSR count). The third-order valence-electron chi connectivity index (χ3n) is 4.44. The van der Waals surface area contributed by atoms with E-state index < -0.39 is 5.97 Å². The van der Waals surface area contributed by atoms with E-state index in [9.17, 15) is 14.4 Å². The van der Waals surface area contributed by atoms with Crippen LogP contribution >= 0.6 is 11.8 Å². The van der Waals surface area contributed by atoms with Gasteiger partial charge in [0.1, 0.15) is 6.54 Å². The van der Waals surface area contributed by atoms with Gasteiger partial charge in [0.25, 0.3) is 0 Å². The first-order chi connectivity index (χ1) is 11.6. The third kappa shape index (κ3) is 3.56. The summed E-state index contributed by atoms with van der Waals surface area (Å²) in [5.41, 5.74) is 1.87. The van der Waals surface area contributed by atoms with Crippen molar-refractivity contribution in [2.75, 3.05) is 29.5 Å². The minimum atomic E-state index is -0.903. The largest absolute Gasteiger partial charge is 0.481 e. The average molecular weight is 348 g/mol. The average Bonchev–Trinajstić information content (AvgIpc) is 2.57. The van der Waals surface area contributed by atoms with Gasteiger partial charge in [0.2, 0.25) is 11.8 Å². The molecule has 1 N–H and O–H groups in total. The maximum absolute atomic E-state index is 12.7. The highest BCUT2D eigenvalue weighted by Gasteiger charge is 2.32. The van der Waals surface area contributed by atoms with Gasteiger partial charge in [0, 0.05) is 30.2 Å². The minimum absolute atomic E-state index is 0.0172. The second-order valence-corrected chi connectivity index (χ2v) is 7.17. The van der Waals surface area contributed by atoms with Crippen LogP contribution in [0.3, 0.4) is 0 Å². The fourth-order valence-electron chi connectivity index (χ4n) is 3.25. The number of nitrogens with zero attached hydrogens (tertiary/aromatic N) is 2. The van der Waals surface area contributed by atoms with Gasteiger partial charge in [-0.3, -0.25) is 14.4 Å². The van der Waals surface area contributed by atoms with Crippen LogP contribution in [-0.2, 0) is 20.8 Å². The van der Waals surface area contributed by atoms with E-state index in [1.54, 1.807) is 21.6 Å². The van der Waals surface area contributed by atoms with Gasteiger partial charge in [-0.25, -0.2) is 0 Å². The van der Waals surface area contributed by atoms with Gasteiger partial charge in [-0.2, -0.15) is 11.8 Å². The van der Waals surface area contributed by atoms with Crippen molar-refractivity contribution in [1.82, 2.24) is 4.90 Å². The summed E-state index contributed by atoms with van der Waals surface area (Å²) in [7, 11) is 0. The zero-order chi connectivity index (χ0) is 17.1. The lowest BCUT2D eigenvalue weighted by molar-refractivity contribution is -0.140. The molecule has 1 unspecified atom stereocenters. The van der Waals surface area contributed by atoms with Crippen LogP contribution in [0.4, 0.5) is 5.69 Å². The van der Waals surface area contributed by atoms with Gasteiger partial charge in [-0.05, 0) is 18.1 Å². The number of anilines is 1. The Kier molecular flexibility index (Phi) is 5.08. The Bertz CT molecular complexity index is 664. The van der Waals surface area contributed by atoms with Crippen molar-refractivity contribution in [2.24, 2.45) is 0 Å². The van der Waals surface area contributed by atoms with E-state index >= 15 is 0 Å². The number of aliphatic carboxylic acids is 1. The monoisotopic (exact) mass is 348 g/mol. The topological polar surface area (TPSA) is 77.9 Å². The number of carboxylic acid groups (broad SMARTS) is 1. The number of fused-ring (bicyclic) bond motifs is 1. The molecule has 1 fully saturated rings. The van der Waals surface area contributed by atoms with E-state index in [0.717, 1.165) is 17.0 Å². The maximum Gasteiger partial charge on any atom is 0.305 e. The fourth-order valence-corrected chi connectivity index (χ4v) is 4.31. The molecule has 6 nitrogen and oxygen atoms in total. The van der Waals surface area contributed by atoms with E-state index in [-0.39, 0.29) is 30.8 Å². The molecule has 7 heteroatoms. The lowest BCUT2D eigenvalue weighted by Gasteiger charge is -2.37. The number of thioether (sulfide) groups is 1. The number of carbonyl (C=O) groups excluding carboxylic acids is 2. The summed E-state index contributed by atoms with van der Waals surface area (Å²) in [5, 5.41) is 9.05. The summed E-state index contributed by atoms with van der Waals surface area (Å²) in [5.74, 6) is 0.295. The molecule has 1 saturated heterocycles. The fraction of sp³-hybridized carbons (Fsp3) is 0.471. The number of carboxylic acids is 1. The summed E-state index contributed by atoms with van der Waals surface area (Å²) >= 11 is 1.66. The molecule has 0 bridgehead atoms. The van der Waals surface area contributed by atoms with Crippen LogP contribution in [-0.4, -0.2) is 58.4 Å². The van der Waals surface area contributed by atoms with Crippen LogP contribution in [0.2, 0.25) is 0 Å². The lowest BCUT2D eigenvalue weighted by Crippen LogP contribution is -2.52. The zero-order valence-electron chi connectivity index (χ0n) is 13.3. The van der Waals surface area contributed by atoms with Crippen molar-refractivity contribution in [3.63, 3.8) is 0 Å². The van der Waals surface area contributed by atoms with Crippen LogP contribution < -0.4 is 4.90 Å². The first-order valence-corrected chi connectivity index (χ1v) is 9.19. The van der Waals surface area contributed by atoms with E-state index in [1.807, 2.05) is 24.3 Å². The molecule has 0 saturated carbocycles. The Balaban J connectivity index is 1.76. The summed E-state index contributed by atoms with van der Waals surface area (Å²) < 4.78 is 0. The Morgan fingerprint density at radius 3 is 2.83 bits per heavy atom. The van der Waals surface area contributed by atoms with E-state index in [4.69, 9.17) is 5.11 Å². The molecule has 128 valence electrons.